The second kappa shape index (κ2) is 7.90. The molecule has 24 heavy (non-hydrogen) atoms. The van der Waals surface area contributed by atoms with E-state index in [0.717, 1.165) is 19.3 Å². The third kappa shape index (κ3) is 4.42. The van der Waals surface area contributed by atoms with E-state index in [-0.39, 0.29) is 41.3 Å². The number of amidine groups is 1. The maximum atomic E-state index is 12.1. The van der Waals surface area contributed by atoms with Gasteiger partial charge in [-0.2, -0.15) is 4.48 Å². The summed E-state index contributed by atoms with van der Waals surface area (Å²) in [7, 11) is 1.75. The average molecular weight is 338 g/mol. The van der Waals surface area contributed by atoms with Gasteiger partial charge >= 0.3 is 12.0 Å². The van der Waals surface area contributed by atoms with Gasteiger partial charge in [-0.05, 0) is 25.2 Å². The third-order valence-corrected chi connectivity index (χ3v) is 4.46. The number of amides is 2. The van der Waals surface area contributed by atoms with Crippen LogP contribution in [0, 0.1) is 5.92 Å². The molecule has 7 nitrogen and oxygen atoms in total. The molecular formula is C17H28N3O4+. The number of carbonyl (C=O) groups is 2. The lowest BCUT2D eigenvalue weighted by molar-refractivity contribution is -0.830. The van der Waals surface area contributed by atoms with Crippen LogP contribution in [-0.2, 0) is 14.3 Å². The quantitative estimate of drug-likeness (QED) is 0.613. The molecule has 0 aromatic carbocycles. The molecule has 2 heterocycles. The molecule has 2 fully saturated rings. The Kier molecular flexibility index (Phi) is 6.12. The highest BCUT2D eigenvalue weighted by atomic mass is 16.6. The molecule has 3 rings (SSSR count). The fraction of sp³-hybridized carbons (Fsp3) is 0.706. The molecule has 0 aromatic rings. The first-order valence-corrected chi connectivity index (χ1v) is 8.72. The Balaban J connectivity index is 0.00000100. The second-order valence-electron chi connectivity index (χ2n) is 6.40. The summed E-state index contributed by atoms with van der Waals surface area (Å²) < 4.78 is 11.1. The Morgan fingerprint density at radius 1 is 1.38 bits per heavy atom. The standard InChI is InChI=1S/C15H21N3O4.C2H6/c1-18(7-6-12(16)17-15(18)20)13-5-4-11(22-13)9-21-14(19)8-10-2-3-10;1-2/h6-7,10-11,13H,2-5,8-9H2,1H3,(H-,16,17,20);1-2H3/p+1. The van der Waals surface area contributed by atoms with Gasteiger partial charge in [-0.3, -0.25) is 4.79 Å². The number of ether oxygens (including phenoxy) is 2. The van der Waals surface area contributed by atoms with E-state index in [1.807, 2.05) is 13.8 Å². The molecule has 0 aromatic heterocycles. The Bertz CT molecular complexity index is 542. The molecule has 0 spiro atoms. The largest absolute Gasteiger partial charge is 0.463 e. The number of nitrogens with zero attached hydrogens (tertiary/aromatic N) is 2. The van der Waals surface area contributed by atoms with Gasteiger partial charge in [0, 0.05) is 18.9 Å². The smallest absolute Gasteiger partial charge is 0.451 e. The first-order valence-electron chi connectivity index (χ1n) is 8.72. The molecule has 3 aliphatic rings. The molecule has 1 aliphatic carbocycles. The van der Waals surface area contributed by atoms with Gasteiger partial charge in [0.1, 0.15) is 18.6 Å². The number of esters is 1. The number of rotatable bonds is 5. The zero-order valence-electron chi connectivity index (χ0n) is 14.7. The fourth-order valence-corrected chi connectivity index (χ4v) is 2.78. The molecule has 7 heteroatoms. The van der Waals surface area contributed by atoms with Gasteiger partial charge in [-0.1, -0.05) is 13.8 Å². The van der Waals surface area contributed by atoms with E-state index in [4.69, 9.17) is 15.2 Å². The molecule has 3 unspecified atom stereocenters. The Morgan fingerprint density at radius 3 is 2.71 bits per heavy atom. The van der Waals surface area contributed by atoms with Gasteiger partial charge in [-0.25, -0.2) is 4.79 Å². The number of aliphatic imine (C=N–C) groups is 1. The van der Waals surface area contributed by atoms with Crippen molar-refractivity contribution in [1.82, 2.24) is 0 Å². The summed E-state index contributed by atoms with van der Waals surface area (Å²) in [6.45, 7) is 4.26. The summed E-state index contributed by atoms with van der Waals surface area (Å²) >= 11 is 0. The van der Waals surface area contributed by atoms with Crippen LogP contribution in [0.4, 0.5) is 4.79 Å². The van der Waals surface area contributed by atoms with E-state index in [1.54, 1.807) is 19.3 Å². The molecule has 134 valence electrons. The highest BCUT2D eigenvalue weighted by Crippen LogP contribution is 2.33. The number of carbonyl (C=O) groups excluding carboxylic acids is 2. The second-order valence-corrected chi connectivity index (χ2v) is 6.40. The van der Waals surface area contributed by atoms with Crippen LogP contribution in [0.2, 0.25) is 0 Å². The molecular weight excluding hydrogens is 310 g/mol. The van der Waals surface area contributed by atoms with Crippen molar-refractivity contribution in [2.45, 2.75) is 58.3 Å². The summed E-state index contributed by atoms with van der Waals surface area (Å²) in [5.74, 6) is 0.582. The number of nitrogens with two attached hydrogens (primary N) is 1. The summed E-state index contributed by atoms with van der Waals surface area (Å²) in [6, 6.07) is -0.337. The summed E-state index contributed by atoms with van der Waals surface area (Å²) in [5.41, 5.74) is 5.53. The van der Waals surface area contributed by atoms with Crippen molar-refractivity contribution in [3.8, 4) is 0 Å². The maximum Gasteiger partial charge on any atom is 0.451 e. The summed E-state index contributed by atoms with van der Waals surface area (Å²) in [5, 5.41) is 0. The van der Waals surface area contributed by atoms with Crippen LogP contribution < -0.4 is 5.73 Å². The number of urea groups is 1. The van der Waals surface area contributed by atoms with Crippen LogP contribution in [-0.4, -0.2) is 48.3 Å². The van der Waals surface area contributed by atoms with Gasteiger partial charge in [0.15, 0.2) is 0 Å². The monoisotopic (exact) mass is 338 g/mol. The Morgan fingerprint density at radius 2 is 2.08 bits per heavy atom. The number of hydrogen-bond donors (Lipinski definition) is 1. The minimum absolute atomic E-state index is 0.0484. The lowest BCUT2D eigenvalue weighted by Gasteiger charge is -2.32. The highest BCUT2D eigenvalue weighted by Gasteiger charge is 2.46. The number of hydrogen-bond acceptors (Lipinski definition) is 5. The van der Waals surface area contributed by atoms with Gasteiger partial charge in [0.25, 0.3) is 0 Å². The van der Waals surface area contributed by atoms with Crippen molar-refractivity contribution in [2.75, 3.05) is 13.7 Å². The predicted octanol–water partition coefficient (Wildman–Crippen LogP) is 2.31. The van der Waals surface area contributed by atoms with Crippen LogP contribution in [0.15, 0.2) is 17.3 Å². The minimum atomic E-state index is -0.337. The summed E-state index contributed by atoms with van der Waals surface area (Å²) in [4.78, 5) is 27.5. The van der Waals surface area contributed by atoms with E-state index in [9.17, 15) is 9.59 Å². The van der Waals surface area contributed by atoms with E-state index in [0.29, 0.717) is 18.8 Å². The molecule has 2 aliphatic heterocycles. The van der Waals surface area contributed by atoms with E-state index in [1.165, 1.54) is 0 Å². The average Bonchev–Trinajstić information content (AvgIpc) is 3.24. The molecule has 1 saturated carbocycles. The van der Waals surface area contributed by atoms with Gasteiger partial charge in [-0.15, -0.1) is 4.99 Å². The minimum Gasteiger partial charge on any atom is -0.463 e. The van der Waals surface area contributed by atoms with Crippen molar-refractivity contribution in [1.29, 1.82) is 0 Å². The van der Waals surface area contributed by atoms with Gasteiger partial charge in [0.05, 0.1) is 13.2 Å². The van der Waals surface area contributed by atoms with Crippen molar-refractivity contribution in [3.63, 3.8) is 0 Å². The van der Waals surface area contributed by atoms with Crippen molar-refractivity contribution in [2.24, 2.45) is 16.6 Å². The normalized spacial score (nSPS) is 32.0. The van der Waals surface area contributed by atoms with E-state index >= 15 is 0 Å². The van der Waals surface area contributed by atoms with Crippen LogP contribution in [0.25, 0.3) is 0 Å². The van der Waals surface area contributed by atoms with Crippen molar-refractivity contribution >= 4 is 17.8 Å². The van der Waals surface area contributed by atoms with Crippen LogP contribution in [0.1, 0.15) is 46.0 Å². The highest BCUT2D eigenvalue weighted by molar-refractivity contribution is 5.99. The lowest BCUT2D eigenvalue weighted by atomic mass is 10.2. The maximum absolute atomic E-state index is 12.1. The Labute approximate surface area is 143 Å². The fourth-order valence-electron chi connectivity index (χ4n) is 2.78. The SMILES string of the molecule is CC.C[N+]1(C2CCC(COC(=O)CC3CC3)O2)C=CC(N)=NC1=O. The van der Waals surface area contributed by atoms with Crippen LogP contribution in [0.3, 0.4) is 0 Å². The Hall–Kier alpha value is -1.73. The van der Waals surface area contributed by atoms with Crippen LogP contribution >= 0.6 is 0 Å². The zero-order valence-corrected chi connectivity index (χ0v) is 14.7. The summed E-state index contributed by atoms with van der Waals surface area (Å²) in [6.07, 6.45) is 7.10. The van der Waals surface area contributed by atoms with Crippen molar-refractivity contribution < 1.29 is 23.5 Å². The number of quaternary nitrogens is 1. The zero-order chi connectivity index (χ0) is 17.7. The van der Waals surface area contributed by atoms with Gasteiger partial charge < -0.3 is 15.2 Å². The van der Waals surface area contributed by atoms with Gasteiger partial charge in [0.2, 0.25) is 6.23 Å². The molecule has 0 bridgehead atoms. The van der Waals surface area contributed by atoms with E-state index in [2.05, 4.69) is 4.99 Å². The molecule has 1 saturated heterocycles. The molecule has 2 amide bonds. The van der Waals surface area contributed by atoms with E-state index < -0.39 is 0 Å². The lowest BCUT2D eigenvalue weighted by Crippen LogP contribution is -2.53. The first-order chi connectivity index (χ1) is 11.5. The molecule has 0 radical (unpaired) electrons. The van der Waals surface area contributed by atoms with Crippen LogP contribution in [0.5, 0.6) is 0 Å². The molecule has 3 atom stereocenters. The molecule has 2 N–H and O–H groups in total. The van der Waals surface area contributed by atoms with Crippen molar-refractivity contribution in [3.05, 3.63) is 12.3 Å². The predicted molar refractivity (Wildman–Crippen MR) is 89.9 cm³/mol. The third-order valence-electron chi connectivity index (χ3n) is 4.46. The topological polar surface area (TPSA) is 91.0 Å². The first kappa shape index (κ1) is 18.6.